The lowest BCUT2D eigenvalue weighted by atomic mass is 9.85. The van der Waals surface area contributed by atoms with E-state index in [0.717, 1.165) is 41.8 Å². The van der Waals surface area contributed by atoms with E-state index < -0.39 is 0 Å². The van der Waals surface area contributed by atoms with Crippen LogP contribution in [0.4, 0.5) is 5.69 Å². The molecular weight excluding hydrogens is 434 g/mol. The second kappa shape index (κ2) is 9.29. The van der Waals surface area contributed by atoms with Gasteiger partial charge in [0, 0.05) is 36.1 Å². The zero-order valence-electron chi connectivity index (χ0n) is 19.0. The van der Waals surface area contributed by atoms with Crippen molar-refractivity contribution in [2.45, 2.75) is 57.5 Å². The topological polar surface area (TPSA) is 69.7 Å². The third-order valence-electron chi connectivity index (χ3n) is 7.09. The van der Waals surface area contributed by atoms with E-state index in [4.69, 9.17) is 0 Å². The summed E-state index contributed by atoms with van der Waals surface area (Å²) in [5.74, 6) is -0.233. The smallest absolute Gasteiger partial charge is 0.228 e. The molecular formula is C26H31N3O3S. The van der Waals surface area contributed by atoms with Gasteiger partial charge in [0.25, 0.3) is 0 Å². The molecule has 3 amide bonds. The monoisotopic (exact) mass is 465 g/mol. The van der Waals surface area contributed by atoms with Crippen LogP contribution >= 0.6 is 11.3 Å². The summed E-state index contributed by atoms with van der Waals surface area (Å²) >= 11 is 1.59. The number of nitrogens with one attached hydrogen (secondary N) is 1. The van der Waals surface area contributed by atoms with Crippen LogP contribution < -0.4 is 10.2 Å². The molecule has 7 heteroatoms. The first-order chi connectivity index (χ1) is 16.0. The van der Waals surface area contributed by atoms with Crippen molar-refractivity contribution in [1.82, 2.24) is 10.2 Å². The van der Waals surface area contributed by atoms with Crippen LogP contribution in [0.25, 0.3) is 0 Å². The Morgan fingerprint density at radius 2 is 1.85 bits per heavy atom. The molecule has 174 valence electrons. The van der Waals surface area contributed by atoms with Crippen molar-refractivity contribution in [2.24, 2.45) is 11.8 Å². The normalized spacial score (nSPS) is 25.7. The van der Waals surface area contributed by atoms with E-state index in [9.17, 15) is 14.4 Å². The predicted octanol–water partition coefficient (Wildman–Crippen LogP) is 4.06. The van der Waals surface area contributed by atoms with Crippen molar-refractivity contribution in [3.05, 3.63) is 52.2 Å². The molecule has 3 heterocycles. The summed E-state index contributed by atoms with van der Waals surface area (Å²) in [7, 11) is 0. The first-order valence-corrected chi connectivity index (χ1v) is 12.9. The Hall–Kier alpha value is -2.67. The van der Waals surface area contributed by atoms with Crippen molar-refractivity contribution in [3.8, 4) is 0 Å². The van der Waals surface area contributed by atoms with Crippen molar-refractivity contribution in [3.63, 3.8) is 0 Å². The van der Waals surface area contributed by atoms with Gasteiger partial charge in [0.15, 0.2) is 0 Å². The van der Waals surface area contributed by atoms with Gasteiger partial charge in [-0.1, -0.05) is 23.8 Å². The average molecular weight is 466 g/mol. The maximum Gasteiger partial charge on any atom is 0.228 e. The third kappa shape index (κ3) is 4.69. The number of thiophene rings is 1. The van der Waals surface area contributed by atoms with Crippen molar-refractivity contribution >= 4 is 34.7 Å². The number of carbonyl (C=O) groups excluding carboxylic acids is 3. The number of nitrogens with zero attached hydrogens (tertiary/aromatic N) is 2. The van der Waals surface area contributed by atoms with Crippen LogP contribution in [0, 0.1) is 18.8 Å². The lowest BCUT2D eigenvalue weighted by molar-refractivity contribution is -0.141. The summed E-state index contributed by atoms with van der Waals surface area (Å²) in [6.45, 7) is 3.18. The van der Waals surface area contributed by atoms with E-state index in [2.05, 4.69) is 5.32 Å². The molecule has 1 aromatic carbocycles. The molecule has 3 aliphatic rings. The minimum atomic E-state index is -0.317. The number of aryl methyl sites for hydroxylation is 1. The molecule has 3 unspecified atom stereocenters. The second-order valence-corrected chi connectivity index (χ2v) is 10.6. The molecule has 3 fully saturated rings. The summed E-state index contributed by atoms with van der Waals surface area (Å²) < 4.78 is 0. The minimum absolute atomic E-state index is 0.0571. The Kier molecular flexibility index (Phi) is 6.23. The van der Waals surface area contributed by atoms with Crippen LogP contribution in [0.1, 0.15) is 55.0 Å². The molecule has 0 bridgehead atoms. The second-order valence-electron chi connectivity index (χ2n) is 9.61. The fourth-order valence-electron chi connectivity index (χ4n) is 5.12. The van der Waals surface area contributed by atoms with E-state index in [1.807, 2.05) is 58.5 Å². The first-order valence-electron chi connectivity index (χ1n) is 12.0. The van der Waals surface area contributed by atoms with E-state index in [1.165, 1.54) is 0 Å². The summed E-state index contributed by atoms with van der Waals surface area (Å²) in [6.07, 6.45) is 4.69. The highest BCUT2D eigenvalue weighted by atomic mass is 32.1. The molecule has 1 aromatic heterocycles. The molecule has 2 aliphatic heterocycles. The lowest BCUT2D eigenvalue weighted by Crippen LogP contribution is -2.52. The summed E-state index contributed by atoms with van der Waals surface area (Å²) in [4.78, 5) is 44.4. The summed E-state index contributed by atoms with van der Waals surface area (Å²) in [6, 6.07) is 12.0. The Labute approximate surface area is 199 Å². The number of anilines is 1. The van der Waals surface area contributed by atoms with Crippen LogP contribution in [0.15, 0.2) is 41.8 Å². The molecule has 2 aromatic rings. The molecule has 6 nitrogen and oxygen atoms in total. The van der Waals surface area contributed by atoms with Crippen molar-refractivity contribution in [1.29, 1.82) is 0 Å². The Balaban J connectivity index is 1.40. The third-order valence-corrected chi connectivity index (χ3v) is 8.03. The van der Waals surface area contributed by atoms with Crippen LogP contribution in [-0.2, 0) is 14.4 Å². The molecule has 1 aliphatic carbocycles. The van der Waals surface area contributed by atoms with Crippen LogP contribution in [-0.4, -0.2) is 41.8 Å². The molecule has 33 heavy (non-hydrogen) atoms. The van der Waals surface area contributed by atoms with Gasteiger partial charge >= 0.3 is 0 Å². The highest BCUT2D eigenvalue weighted by Gasteiger charge is 2.44. The number of rotatable bonds is 5. The van der Waals surface area contributed by atoms with Gasteiger partial charge in [-0.05, 0) is 62.6 Å². The number of benzene rings is 1. The first kappa shape index (κ1) is 22.1. The zero-order chi connectivity index (χ0) is 22.9. The van der Waals surface area contributed by atoms with E-state index in [-0.39, 0.29) is 35.6 Å². The van der Waals surface area contributed by atoms with E-state index in [1.54, 1.807) is 11.3 Å². The zero-order valence-corrected chi connectivity index (χ0v) is 19.9. The number of hydrogen-bond acceptors (Lipinski definition) is 4. The number of amides is 3. The number of piperidine rings is 2. The van der Waals surface area contributed by atoms with Gasteiger partial charge < -0.3 is 15.1 Å². The Morgan fingerprint density at radius 1 is 1.06 bits per heavy atom. The fraction of sp³-hybridized carbons (Fsp3) is 0.500. The van der Waals surface area contributed by atoms with Crippen molar-refractivity contribution < 1.29 is 14.4 Å². The van der Waals surface area contributed by atoms with Gasteiger partial charge in [-0.2, -0.15) is 0 Å². The van der Waals surface area contributed by atoms with Gasteiger partial charge in [-0.3, -0.25) is 14.4 Å². The molecule has 1 saturated carbocycles. The summed E-state index contributed by atoms with van der Waals surface area (Å²) in [5, 5.41) is 5.11. The van der Waals surface area contributed by atoms with Gasteiger partial charge in [0.2, 0.25) is 17.7 Å². The van der Waals surface area contributed by atoms with Gasteiger partial charge in [-0.15, -0.1) is 11.3 Å². The van der Waals surface area contributed by atoms with Gasteiger partial charge in [0.1, 0.15) is 0 Å². The SMILES string of the molecule is Cc1ccc(N2C(=O)CCC(C(=O)N3CCCC(C(=O)NC4CC4)C3)C2c2cccs2)cc1. The molecule has 3 atom stereocenters. The molecule has 1 N–H and O–H groups in total. The quantitative estimate of drug-likeness (QED) is 0.724. The maximum atomic E-state index is 13.9. The molecule has 5 rings (SSSR count). The van der Waals surface area contributed by atoms with E-state index >= 15 is 0 Å². The lowest BCUT2D eigenvalue weighted by Gasteiger charge is -2.43. The highest BCUT2D eigenvalue weighted by Crippen LogP contribution is 2.42. The minimum Gasteiger partial charge on any atom is -0.353 e. The number of carbonyl (C=O) groups is 3. The van der Waals surface area contributed by atoms with Crippen LogP contribution in [0.2, 0.25) is 0 Å². The summed E-state index contributed by atoms with van der Waals surface area (Å²) in [5.41, 5.74) is 1.97. The Bertz CT molecular complexity index is 1020. The van der Waals surface area contributed by atoms with Crippen molar-refractivity contribution in [2.75, 3.05) is 18.0 Å². The van der Waals surface area contributed by atoms with Gasteiger partial charge in [0.05, 0.1) is 17.9 Å². The maximum absolute atomic E-state index is 13.9. The van der Waals surface area contributed by atoms with Gasteiger partial charge in [-0.25, -0.2) is 0 Å². The predicted molar refractivity (Wildman–Crippen MR) is 129 cm³/mol. The van der Waals surface area contributed by atoms with Crippen LogP contribution in [0.5, 0.6) is 0 Å². The average Bonchev–Trinajstić information content (AvgIpc) is 3.47. The molecule has 0 radical (unpaired) electrons. The largest absolute Gasteiger partial charge is 0.353 e. The number of likely N-dealkylation sites (tertiary alicyclic amines) is 1. The standard InChI is InChI=1S/C26H31N3O3S/c1-17-6-10-20(11-7-17)29-23(30)13-12-21(24(29)22-5-3-15-33-22)26(32)28-14-2-4-18(16-28)25(31)27-19-8-9-19/h3,5-7,10-11,15,18-19,21,24H,2,4,8-9,12-14,16H2,1H3,(H,27,31). The van der Waals surface area contributed by atoms with Crippen LogP contribution in [0.3, 0.4) is 0 Å². The number of hydrogen-bond donors (Lipinski definition) is 1. The highest BCUT2D eigenvalue weighted by molar-refractivity contribution is 7.10. The molecule has 0 spiro atoms. The van der Waals surface area contributed by atoms with E-state index in [0.29, 0.717) is 32.0 Å². The fourth-order valence-corrected chi connectivity index (χ4v) is 6.00. The Morgan fingerprint density at radius 3 is 2.55 bits per heavy atom. The molecule has 2 saturated heterocycles.